The number of nitrogens with one attached hydrogen (secondary N) is 2. The number of hydrogen-bond donors (Lipinski definition) is 4. The standard InChI is InChI=1S/C21H20Cl2N6O4S/c1-29-20-15(9-24-21(26-20)25-14(10-30)11-31)19(27-29)12-5-7-13(8-6-12)28-34(32,33)17-4-2-3-16(22)18(17)23/h2-9,14,28,30-31H,10-11H2,1H3,(H,24,25,26). The Bertz CT molecular complexity index is 1440. The number of halogens is 2. The highest BCUT2D eigenvalue weighted by atomic mass is 35.5. The summed E-state index contributed by atoms with van der Waals surface area (Å²) in [6, 6.07) is 10.5. The molecule has 0 saturated heterocycles. The average molecular weight is 523 g/mol. The van der Waals surface area contributed by atoms with Gasteiger partial charge in [0.1, 0.15) is 10.6 Å². The number of benzene rings is 2. The van der Waals surface area contributed by atoms with Crippen LogP contribution in [0.25, 0.3) is 22.3 Å². The Morgan fingerprint density at radius 2 is 1.79 bits per heavy atom. The summed E-state index contributed by atoms with van der Waals surface area (Å²) in [5, 5.41) is 26.6. The molecular formula is C21H20Cl2N6O4S. The van der Waals surface area contributed by atoms with Crippen LogP contribution in [0.3, 0.4) is 0 Å². The van der Waals surface area contributed by atoms with E-state index >= 15 is 0 Å². The fourth-order valence-corrected chi connectivity index (χ4v) is 5.07. The van der Waals surface area contributed by atoms with Gasteiger partial charge in [0.05, 0.1) is 34.7 Å². The van der Waals surface area contributed by atoms with Crippen LogP contribution < -0.4 is 10.0 Å². The number of nitrogens with zero attached hydrogens (tertiary/aromatic N) is 4. The topological polar surface area (TPSA) is 142 Å². The van der Waals surface area contributed by atoms with E-state index in [1.165, 1.54) is 18.2 Å². The lowest BCUT2D eigenvalue weighted by atomic mass is 10.1. The van der Waals surface area contributed by atoms with E-state index in [1.54, 1.807) is 42.2 Å². The number of aromatic nitrogens is 4. The van der Waals surface area contributed by atoms with Gasteiger partial charge in [0.15, 0.2) is 5.65 Å². The molecule has 0 fully saturated rings. The van der Waals surface area contributed by atoms with Gasteiger partial charge in [-0.25, -0.2) is 18.1 Å². The SMILES string of the molecule is Cn1nc(-c2ccc(NS(=O)(=O)c3cccc(Cl)c3Cl)cc2)c2cnc(NC(CO)CO)nc21. The Labute approximate surface area is 205 Å². The van der Waals surface area contributed by atoms with Gasteiger partial charge in [-0.3, -0.25) is 4.72 Å². The lowest BCUT2D eigenvalue weighted by Crippen LogP contribution is -2.28. The molecule has 2 heterocycles. The summed E-state index contributed by atoms with van der Waals surface area (Å²) >= 11 is 12.0. The molecule has 0 spiro atoms. The van der Waals surface area contributed by atoms with Crippen molar-refractivity contribution in [2.24, 2.45) is 7.05 Å². The Morgan fingerprint density at radius 3 is 2.47 bits per heavy atom. The number of fused-ring (bicyclic) bond motifs is 1. The Kier molecular flexibility index (Phi) is 6.91. The summed E-state index contributed by atoms with van der Waals surface area (Å²) in [5.41, 5.74) is 2.21. The van der Waals surface area contributed by atoms with Crippen LogP contribution in [-0.2, 0) is 17.1 Å². The fraction of sp³-hybridized carbons (Fsp3) is 0.190. The zero-order valence-corrected chi connectivity index (χ0v) is 20.1. The van der Waals surface area contributed by atoms with E-state index in [1.807, 2.05) is 0 Å². The maximum absolute atomic E-state index is 12.7. The highest BCUT2D eigenvalue weighted by Crippen LogP contribution is 2.31. The molecule has 34 heavy (non-hydrogen) atoms. The van der Waals surface area contributed by atoms with Crippen LogP contribution >= 0.6 is 23.2 Å². The lowest BCUT2D eigenvalue weighted by molar-refractivity contribution is 0.203. The highest BCUT2D eigenvalue weighted by Gasteiger charge is 2.20. The molecule has 0 amide bonds. The zero-order chi connectivity index (χ0) is 24.5. The number of rotatable bonds is 8. The van der Waals surface area contributed by atoms with Crippen LogP contribution in [0, 0.1) is 0 Å². The third-order valence-corrected chi connectivity index (χ3v) is 7.33. The predicted octanol–water partition coefficient (Wildman–Crippen LogP) is 2.90. The minimum atomic E-state index is -3.94. The first-order valence-corrected chi connectivity index (χ1v) is 12.2. The van der Waals surface area contributed by atoms with Crippen LogP contribution in [0.2, 0.25) is 10.0 Å². The summed E-state index contributed by atoms with van der Waals surface area (Å²) in [6.07, 6.45) is 1.59. The molecule has 0 unspecified atom stereocenters. The molecule has 2 aromatic heterocycles. The van der Waals surface area contributed by atoms with Gasteiger partial charge in [-0.2, -0.15) is 10.1 Å². The summed E-state index contributed by atoms with van der Waals surface area (Å²) in [4.78, 5) is 8.54. The van der Waals surface area contributed by atoms with E-state index in [4.69, 9.17) is 23.2 Å². The lowest BCUT2D eigenvalue weighted by Gasteiger charge is -2.12. The Balaban J connectivity index is 1.60. The van der Waals surface area contributed by atoms with Gasteiger partial charge >= 0.3 is 0 Å². The number of aliphatic hydroxyl groups excluding tert-OH is 2. The summed E-state index contributed by atoms with van der Waals surface area (Å²) < 4.78 is 29.5. The van der Waals surface area contributed by atoms with E-state index in [0.29, 0.717) is 22.4 Å². The fourth-order valence-electron chi connectivity index (χ4n) is 3.25. The van der Waals surface area contributed by atoms with Gasteiger partial charge < -0.3 is 15.5 Å². The van der Waals surface area contributed by atoms with Crippen molar-refractivity contribution in [1.82, 2.24) is 19.7 Å². The van der Waals surface area contributed by atoms with Crippen LogP contribution in [0.15, 0.2) is 53.6 Å². The summed E-state index contributed by atoms with van der Waals surface area (Å²) in [5.74, 6) is 0.250. The quantitative estimate of drug-likeness (QED) is 0.276. The molecule has 0 aliphatic heterocycles. The van der Waals surface area contributed by atoms with E-state index in [9.17, 15) is 18.6 Å². The molecule has 0 bridgehead atoms. The second-order valence-corrected chi connectivity index (χ2v) is 9.78. The Morgan fingerprint density at radius 1 is 1.09 bits per heavy atom. The summed E-state index contributed by atoms with van der Waals surface area (Å²) in [7, 11) is -2.21. The molecule has 4 N–H and O–H groups in total. The van der Waals surface area contributed by atoms with Crippen LogP contribution in [-0.4, -0.2) is 57.6 Å². The van der Waals surface area contributed by atoms with Gasteiger partial charge in [0.2, 0.25) is 5.95 Å². The molecule has 178 valence electrons. The first-order chi connectivity index (χ1) is 16.2. The van der Waals surface area contributed by atoms with Crippen molar-refractivity contribution in [2.45, 2.75) is 10.9 Å². The van der Waals surface area contributed by atoms with Gasteiger partial charge in [-0.1, -0.05) is 41.4 Å². The van der Waals surface area contributed by atoms with Crippen LogP contribution in [0.4, 0.5) is 11.6 Å². The monoisotopic (exact) mass is 522 g/mol. The molecule has 0 aliphatic carbocycles. The molecular weight excluding hydrogens is 503 g/mol. The zero-order valence-electron chi connectivity index (χ0n) is 17.8. The van der Waals surface area contributed by atoms with Crippen molar-refractivity contribution < 1.29 is 18.6 Å². The Hall–Kier alpha value is -2.96. The second-order valence-electron chi connectivity index (χ2n) is 7.34. The van der Waals surface area contributed by atoms with Crippen LogP contribution in [0.1, 0.15) is 0 Å². The number of aliphatic hydroxyl groups is 2. The number of aryl methyl sites for hydroxylation is 1. The van der Waals surface area contributed by atoms with Gasteiger partial charge in [0.25, 0.3) is 10.0 Å². The normalized spacial score (nSPS) is 11.8. The predicted molar refractivity (Wildman–Crippen MR) is 131 cm³/mol. The van der Waals surface area contributed by atoms with E-state index in [2.05, 4.69) is 25.1 Å². The molecule has 13 heteroatoms. The van der Waals surface area contributed by atoms with E-state index in [-0.39, 0.29) is 34.1 Å². The van der Waals surface area contributed by atoms with Crippen molar-refractivity contribution in [3.63, 3.8) is 0 Å². The molecule has 10 nitrogen and oxygen atoms in total. The number of sulfonamides is 1. The van der Waals surface area contributed by atoms with Crippen molar-refractivity contribution in [2.75, 3.05) is 23.3 Å². The highest BCUT2D eigenvalue weighted by molar-refractivity contribution is 7.92. The van der Waals surface area contributed by atoms with Gasteiger partial charge in [-0.05, 0) is 24.3 Å². The summed E-state index contributed by atoms with van der Waals surface area (Å²) in [6.45, 7) is -0.539. The third-order valence-electron chi connectivity index (χ3n) is 4.97. The molecule has 4 aromatic rings. The smallest absolute Gasteiger partial charge is 0.263 e. The average Bonchev–Trinajstić information content (AvgIpc) is 3.15. The molecule has 0 saturated carbocycles. The van der Waals surface area contributed by atoms with E-state index in [0.717, 1.165) is 5.56 Å². The van der Waals surface area contributed by atoms with Crippen LogP contribution in [0.5, 0.6) is 0 Å². The minimum Gasteiger partial charge on any atom is -0.394 e. The van der Waals surface area contributed by atoms with Crippen molar-refractivity contribution in [3.05, 3.63) is 58.7 Å². The van der Waals surface area contributed by atoms with Crippen molar-refractivity contribution in [1.29, 1.82) is 0 Å². The molecule has 0 atom stereocenters. The third kappa shape index (κ3) is 4.79. The van der Waals surface area contributed by atoms with Gasteiger partial charge in [-0.15, -0.1) is 0 Å². The van der Waals surface area contributed by atoms with Crippen molar-refractivity contribution >= 4 is 55.9 Å². The largest absolute Gasteiger partial charge is 0.394 e. The van der Waals surface area contributed by atoms with E-state index < -0.39 is 16.1 Å². The number of hydrogen-bond acceptors (Lipinski definition) is 8. The maximum atomic E-state index is 12.7. The maximum Gasteiger partial charge on any atom is 0.263 e. The minimum absolute atomic E-state index is 0.0496. The molecule has 0 aliphatic rings. The molecule has 4 rings (SSSR count). The number of anilines is 2. The first-order valence-electron chi connectivity index (χ1n) is 9.98. The first kappa shape index (κ1) is 24.2. The molecule has 2 aromatic carbocycles. The molecule has 0 radical (unpaired) electrons. The van der Waals surface area contributed by atoms with Gasteiger partial charge in [0, 0.05) is 24.5 Å². The van der Waals surface area contributed by atoms with Crippen molar-refractivity contribution in [3.8, 4) is 11.3 Å². The second kappa shape index (κ2) is 9.72.